The Balaban J connectivity index is 1.84. The predicted octanol–water partition coefficient (Wildman–Crippen LogP) is 4.00. The zero-order valence-electron chi connectivity index (χ0n) is 17.2. The lowest BCUT2D eigenvalue weighted by molar-refractivity contribution is -0.116. The van der Waals surface area contributed by atoms with E-state index in [-0.39, 0.29) is 18.1 Å². The van der Waals surface area contributed by atoms with Crippen molar-refractivity contribution in [2.45, 2.75) is 45.9 Å². The lowest BCUT2D eigenvalue weighted by atomic mass is 10.1. The Kier molecular flexibility index (Phi) is 8.14. The fourth-order valence-corrected chi connectivity index (χ4v) is 2.71. The first kappa shape index (κ1) is 21.6. The molecule has 0 radical (unpaired) electrons. The Morgan fingerprint density at radius 3 is 2.25 bits per heavy atom. The third-order valence-electron chi connectivity index (χ3n) is 4.12. The van der Waals surface area contributed by atoms with E-state index in [9.17, 15) is 4.79 Å². The Morgan fingerprint density at radius 2 is 1.64 bits per heavy atom. The van der Waals surface area contributed by atoms with Crippen LogP contribution in [0.1, 0.15) is 32.8 Å². The summed E-state index contributed by atoms with van der Waals surface area (Å²) in [6.45, 7) is 6.67. The molecule has 6 nitrogen and oxygen atoms in total. The average Bonchev–Trinajstić information content (AvgIpc) is 2.66. The smallest absolute Gasteiger partial charge is 0.226 e. The van der Waals surface area contributed by atoms with Crippen LogP contribution in [0.5, 0.6) is 17.2 Å². The summed E-state index contributed by atoms with van der Waals surface area (Å²) in [6, 6.07) is 13.3. The van der Waals surface area contributed by atoms with E-state index in [1.165, 1.54) is 0 Å². The molecular formula is C22H30N2O4. The Bertz CT molecular complexity index is 760. The van der Waals surface area contributed by atoms with Crippen molar-refractivity contribution in [2.24, 2.45) is 0 Å². The van der Waals surface area contributed by atoms with Crippen LogP contribution in [0.25, 0.3) is 0 Å². The number of anilines is 1. The Hall–Kier alpha value is -2.73. The average molecular weight is 386 g/mol. The predicted molar refractivity (Wildman–Crippen MR) is 111 cm³/mol. The van der Waals surface area contributed by atoms with Gasteiger partial charge < -0.3 is 24.8 Å². The molecule has 0 saturated heterocycles. The van der Waals surface area contributed by atoms with Crippen molar-refractivity contribution >= 4 is 11.6 Å². The lowest BCUT2D eigenvalue weighted by Crippen LogP contribution is -2.30. The molecule has 0 heterocycles. The maximum atomic E-state index is 12.4. The van der Waals surface area contributed by atoms with E-state index in [0.717, 1.165) is 11.3 Å². The number of rotatable bonds is 10. The van der Waals surface area contributed by atoms with Gasteiger partial charge in [0.05, 0.1) is 26.0 Å². The van der Waals surface area contributed by atoms with Crippen LogP contribution in [0.3, 0.4) is 0 Å². The normalized spacial score (nSPS) is 11.8. The molecular weight excluding hydrogens is 356 g/mol. The first-order valence-corrected chi connectivity index (χ1v) is 9.42. The second-order valence-corrected chi connectivity index (χ2v) is 6.91. The number of nitrogens with one attached hydrogen (secondary N) is 2. The monoisotopic (exact) mass is 386 g/mol. The van der Waals surface area contributed by atoms with Crippen LogP contribution in [0.2, 0.25) is 0 Å². The zero-order valence-corrected chi connectivity index (χ0v) is 17.2. The molecule has 1 atom stereocenters. The van der Waals surface area contributed by atoms with Crippen molar-refractivity contribution in [1.29, 1.82) is 0 Å². The maximum Gasteiger partial charge on any atom is 0.226 e. The summed E-state index contributed by atoms with van der Waals surface area (Å²) in [6.07, 6.45) is 0.500. The molecule has 1 amide bonds. The number of methoxy groups -OCH3 is 2. The number of benzene rings is 2. The minimum Gasteiger partial charge on any atom is -0.497 e. The van der Waals surface area contributed by atoms with Crippen molar-refractivity contribution in [3.05, 3.63) is 48.0 Å². The van der Waals surface area contributed by atoms with Crippen molar-refractivity contribution in [2.75, 3.05) is 19.5 Å². The van der Waals surface area contributed by atoms with E-state index < -0.39 is 0 Å². The molecule has 0 aromatic heterocycles. The topological polar surface area (TPSA) is 68.8 Å². The minimum absolute atomic E-state index is 0.0168. The summed E-state index contributed by atoms with van der Waals surface area (Å²) in [4.78, 5) is 12.4. The van der Waals surface area contributed by atoms with Crippen molar-refractivity contribution in [1.82, 2.24) is 5.32 Å². The first-order chi connectivity index (χ1) is 13.4. The van der Waals surface area contributed by atoms with Gasteiger partial charge >= 0.3 is 0 Å². The van der Waals surface area contributed by atoms with E-state index in [1.807, 2.05) is 45.0 Å². The number of carbonyl (C=O) groups excluding carboxylic acids is 1. The Morgan fingerprint density at radius 1 is 0.964 bits per heavy atom. The van der Waals surface area contributed by atoms with Crippen LogP contribution in [-0.4, -0.2) is 32.3 Å². The molecule has 6 heteroatoms. The summed E-state index contributed by atoms with van der Waals surface area (Å²) in [5.41, 5.74) is 1.73. The van der Waals surface area contributed by atoms with Gasteiger partial charge in [0.1, 0.15) is 17.2 Å². The van der Waals surface area contributed by atoms with E-state index in [2.05, 4.69) is 10.6 Å². The zero-order chi connectivity index (χ0) is 20.5. The number of ether oxygens (including phenoxy) is 3. The fraction of sp³-hybridized carbons (Fsp3) is 0.409. The Labute approximate surface area is 167 Å². The molecule has 0 aliphatic heterocycles. The van der Waals surface area contributed by atoms with E-state index in [4.69, 9.17) is 14.2 Å². The van der Waals surface area contributed by atoms with Gasteiger partial charge in [0, 0.05) is 25.1 Å². The molecule has 2 rings (SSSR count). The minimum atomic E-state index is -0.0905. The van der Waals surface area contributed by atoms with Gasteiger partial charge in [-0.1, -0.05) is 12.1 Å². The van der Waals surface area contributed by atoms with Crippen LogP contribution >= 0.6 is 0 Å². The molecule has 0 bridgehead atoms. The molecule has 0 fully saturated rings. The van der Waals surface area contributed by atoms with Crippen LogP contribution < -0.4 is 24.8 Å². The van der Waals surface area contributed by atoms with Crippen molar-refractivity contribution in [3.63, 3.8) is 0 Å². The van der Waals surface area contributed by atoms with Crippen LogP contribution in [-0.2, 0) is 11.3 Å². The second-order valence-electron chi connectivity index (χ2n) is 6.91. The highest BCUT2D eigenvalue weighted by Gasteiger charge is 2.12. The quantitative estimate of drug-likeness (QED) is 0.646. The molecule has 1 unspecified atom stereocenters. The number of hydrogen-bond donors (Lipinski definition) is 2. The summed E-state index contributed by atoms with van der Waals surface area (Å²) < 4.78 is 16.1. The molecule has 152 valence electrons. The highest BCUT2D eigenvalue weighted by Crippen LogP contribution is 2.29. The highest BCUT2D eigenvalue weighted by molar-refractivity contribution is 5.92. The number of carbonyl (C=O) groups is 1. The van der Waals surface area contributed by atoms with E-state index >= 15 is 0 Å². The molecule has 0 aliphatic rings. The summed E-state index contributed by atoms with van der Waals surface area (Å²) in [5.74, 6) is 2.02. The molecule has 0 saturated carbocycles. The standard InChI is InChI=1S/C22H30N2O4/c1-15(2)28-18-8-6-17(7-9-18)14-23-16(3)12-22(25)24-20-13-19(26-4)10-11-21(20)27-5/h6-11,13,15-16,23H,12,14H2,1-5H3,(H,24,25). The number of amides is 1. The molecule has 2 N–H and O–H groups in total. The van der Waals surface area contributed by atoms with E-state index in [0.29, 0.717) is 30.2 Å². The SMILES string of the molecule is COc1ccc(OC)c(NC(=O)CC(C)NCc2ccc(OC(C)C)cc2)c1. The first-order valence-electron chi connectivity index (χ1n) is 9.42. The third kappa shape index (κ3) is 6.78. The van der Waals surface area contributed by atoms with Gasteiger partial charge in [-0.25, -0.2) is 0 Å². The molecule has 0 aliphatic carbocycles. The van der Waals surface area contributed by atoms with Crippen LogP contribution in [0, 0.1) is 0 Å². The largest absolute Gasteiger partial charge is 0.497 e. The molecule has 0 spiro atoms. The summed E-state index contributed by atoms with van der Waals surface area (Å²) >= 11 is 0. The van der Waals surface area contributed by atoms with Gasteiger partial charge in [0.25, 0.3) is 0 Å². The second kappa shape index (κ2) is 10.6. The van der Waals surface area contributed by atoms with Gasteiger partial charge in [0.15, 0.2) is 0 Å². The fourth-order valence-electron chi connectivity index (χ4n) is 2.71. The van der Waals surface area contributed by atoms with Gasteiger partial charge in [-0.3, -0.25) is 4.79 Å². The molecule has 2 aromatic carbocycles. The van der Waals surface area contributed by atoms with Gasteiger partial charge in [-0.05, 0) is 50.6 Å². The highest BCUT2D eigenvalue weighted by atomic mass is 16.5. The maximum absolute atomic E-state index is 12.4. The van der Waals surface area contributed by atoms with Crippen LogP contribution in [0.4, 0.5) is 5.69 Å². The third-order valence-corrected chi connectivity index (χ3v) is 4.12. The molecule has 2 aromatic rings. The van der Waals surface area contributed by atoms with Gasteiger partial charge in [-0.15, -0.1) is 0 Å². The van der Waals surface area contributed by atoms with E-state index in [1.54, 1.807) is 32.4 Å². The number of hydrogen-bond acceptors (Lipinski definition) is 5. The summed E-state index contributed by atoms with van der Waals surface area (Å²) in [5, 5.41) is 6.26. The van der Waals surface area contributed by atoms with Gasteiger partial charge in [-0.2, -0.15) is 0 Å². The lowest BCUT2D eigenvalue weighted by Gasteiger charge is -2.16. The van der Waals surface area contributed by atoms with Gasteiger partial charge in [0.2, 0.25) is 5.91 Å². The summed E-state index contributed by atoms with van der Waals surface area (Å²) in [7, 11) is 3.15. The van der Waals surface area contributed by atoms with Crippen molar-refractivity contribution in [3.8, 4) is 17.2 Å². The molecule has 28 heavy (non-hydrogen) atoms. The van der Waals surface area contributed by atoms with Crippen LogP contribution in [0.15, 0.2) is 42.5 Å². The van der Waals surface area contributed by atoms with Crippen molar-refractivity contribution < 1.29 is 19.0 Å².